The Morgan fingerprint density at radius 1 is 1.09 bits per heavy atom. The molecule has 44 heavy (non-hydrogen) atoms. The number of carbonyl (C=O) groups is 5. The maximum atomic E-state index is 13.9. The summed E-state index contributed by atoms with van der Waals surface area (Å²) >= 11 is 6.30. The van der Waals surface area contributed by atoms with Crippen LogP contribution in [0, 0.1) is 12.7 Å². The Morgan fingerprint density at radius 3 is 2.36 bits per heavy atom. The van der Waals surface area contributed by atoms with Crippen LogP contribution in [0.4, 0.5) is 8.78 Å². The molecule has 1 heterocycles. The zero-order valence-corrected chi connectivity index (χ0v) is 25.5. The van der Waals surface area contributed by atoms with E-state index in [0.29, 0.717) is 23.1 Å². The number of rotatable bonds is 13. The van der Waals surface area contributed by atoms with Gasteiger partial charge in [-0.1, -0.05) is 23.7 Å². The Bertz CT molecular complexity index is 1370. The Balaban J connectivity index is 1.75. The number of amides is 5. The van der Waals surface area contributed by atoms with Gasteiger partial charge in [0.15, 0.2) is 0 Å². The van der Waals surface area contributed by atoms with Crippen molar-refractivity contribution in [2.45, 2.75) is 64.0 Å². The smallest absolute Gasteiger partial charge is 0.251 e. The van der Waals surface area contributed by atoms with E-state index in [1.807, 2.05) is 0 Å². The summed E-state index contributed by atoms with van der Waals surface area (Å²) in [5, 5.41) is 10.7. The number of likely N-dealkylation sites (tertiary alicyclic amines) is 1. The van der Waals surface area contributed by atoms with E-state index >= 15 is 0 Å². The Labute approximate surface area is 259 Å². The minimum Gasteiger partial charge on any atom is -0.368 e. The van der Waals surface area contributed by atoms with Crippen LogP contribution >= 0.6 is 11.6 Å². The van der Waals surface area contributed by atoms with Gasteiger partial charge in [0.05, 0.1) is 6.04 Å². The van der Waals surface area contributed by atoms with Gasteiger partial charge in [-0.3, -0.25) is 24.0 Å². The van der Waals surface area contributed by atoms with Gasteiger partial charge < -0.3 is 31.9 Å². The summed E-state index contributed by atoms with van der Waals surface area (Å²) in [6.45, 7) is 2.45. The molecule has 0 bridgehead atoms. The van der Waals surface area contributed by atoms with Gasteiger partial charge in [-0.25, -0.2) is 8.78 Å². The lowest BCUT2D eigenvalue weighted by Crippen LogP contribution is -2.58. The van der Waals surface area contributed by atoms with Gasteiger partial charge in [0.25, 0.3) is 5.91 Å². The van der Waals surface area contributed by atoms with Crippen LogP contribution in [0.25, 0.3) is 0 Å². The lowest BCUT2D eigenvalue weighted by Gasteiger charge is -2.30. The number of carbonyl (C=O) groups excluding carboxylic acids is 5. The quantitative estimate of drug-likeness (QED) is 0.223. The second kappa shape index (κ2) is 15.6. The zero-order chi connectivity index (χ0) is 32.6. The predicted octanol–water partition coefficient (Wildman–Crippen LogP) is 1.28. The van der Waals surface area contributed by atoms with E-state index in [1.165, 1.54) is 35.2 Å². The van der Waals surface area contributed by atoms with Crippen LogP contribution in [0.2, 0.25) is 5.02 Å². The molecule has 0 radical (unpaired) electrons. The van der Waals surface area contributed by atoms with Gasteiger partial charge in [-0.2, -0.15) is 0 Å². The number of nitrogens with zero attached hydrogens (tertiary/aromatic N) is 1. The van der Waals surface area contributed by atoms with Crippen molar-refractivity contribution in [2.75, 3.05) is 20.1 Å². The number of nitrogens with one attached hydrogen (secondary N) is 4. The number of hydrogen-bond acceptors (Lipinski definition) is 6. The maximum absolute atomic E-state index is 13.9. The lowest BCUT2D eigenvalue weighted by molar-refractivity contribution is -0.142. The Morgan fingerprint density at radius 2 is 1.77 bits per heavy atom. The molecule has 0 aliphatic carbocycles. The highest BCUT2D eigenvalue weighted by Gasteiger charge is 2.39. The highest BCUT2D eigenvalue weighted by atomic mass is 35.5. The number of aryl methyl sites for hydroxylation is 1. The molecule has 6 N–H and O–H groups in total. The van der Waals surface area contributed by atoms with Crippen molar-refractivity contribution < 1.29 is 32.8 Å². The van der Waals surface area contributed by atoms with Crippen molar-refractivity contribution in [2.24, 2.45) is 5.73 Å². The van der Waals surface area contributed by atoms with Crippen LogP contribution in [-0.4, -0.2) is 78.7 Å². The Kier molecular flexibility index (Phi) is 12.2. The molecule has 238 valence electrons. The van der Waals surface area contributed by atoms with Crippen molar-refractivity contribution >= 4 is 41.1 Å². The molecule has 1 saturated heterocycles. The number of primary amides is 1. The molecule has 4 atom stereocenters. The third-order valence-electron chi connectivity index (χ3n) is 7.57. The molecule has 1 aliphatic rings. The summed E-state index contributed by atoms with van der Waals surface area (Å²) in [7, 11) is 1.59. The largest absolute Gasteiger partial charge is 0.368 e. The van der Waals surface area contributed by atoms with Crippen LogP contribution in [0.1, 0.15) is 46.8 Å². The maximum Gasteiger partial charge on any atom is 0.251 e. The van der Waals surface area contributed by atoms with E-state index < -0.39 is 66.2 Å². The topological polar surface area (TPSA) is 163 Å². The van der Waals surface area contributed by atoms with Gasteiger partial charge in [0.1, 0.15) is 30.6 Å². The summed E-state index contributed by atoms with van der Waals surface area (Å²) in [6.07, 6.45) is 0.694. The first kappa shape index (κ1) is 34.4. The molecule has 3 rings (SSSR count). The molecule has 14 heteroatoms. The van der Waals surface area contributed by atoms with Crippen molar-refractivity contribution in [1.29, 1.82) is 0 Å². The molecule has 0 unspecified atom stereocenters. The normalized spacial score (nSPS) is 16.5. The fraction of sp³-hybridized carbons (Fsp3) is 0.433. The van der Waals surface area contributed by atoms with E-state index in [4.69, 9.17) is 17.3 Å². The van der Waals surface area contributed by atoms with Crippen molar-refractivity contribution in [1.82, 2.24) is 26.2 Å². The Hall–Kier alpha value is -4.10. The van der Waals surface area contributed by atoms with Crippen LogP contribution in [0.3, 0.4) is 0 Å². The van der Waals surface area contributed by atoms with Crippen LogP contribution < -0.4 is 27.0 Å². The number of benzene rings is 2. The average Bonchev–Trinajstić information content (AvgIpc) is 3.49. The number of likely N-dealkylation sites (N-methyl/N-ethyl adjacent to an activating group) is 1. The molecule has 5 amide bonds. The number of alkyl halides is 1. The van der Waals surface area contributed by atoms with Crippen LogP contribution in [-0.2, 0) is 32.3 Å². The predicted molar refractivity (Wildman–Crippen MR) is 160 cm³/mol. The highest BCUT2D eigenvalue weighted by molar-refractivity contribution is 6.31. The van der Waals surface area contributed by atoms with Gasteiger partial charge >= 0.3 is 0 Å². The molecule has 11 nitrogen and oxygen atoms in total. The summed E-state index contributed by atoms with van der Waals surface area (Å²) < 4.78 is 26.6. The van der Waals surface area contributed by atoms with Crippen LogP contribution in [0.15, 0.2) is 36.4 Å². The van der Waals surface area contributed by atoms with Crippen molar-refractivity contribution in [3.63, 3.8) is 0 Å². The third-order valence-corrected chi connectivity index (χ3v) is 7.91. The number of halogens is 3. The van der Waals surface area contributed by atoms with Gasteiger partial charge in [0.2, 0.25) is 23.6 Å². The second-order valence-electron chi connectivity index (χ2n) is 10.7. The van der Waals surface area contributed by atoms with Gasteiger partial charge in [-0.15, -0.1) is 0 Å². The molecule has 1 aliphatic heterocycles. The third kappa shape index (κ3) is 8.73. The van der Waals surface area contributed by atoms with Gasteiger partial charge in [-0.05, 0) is 74.7 Å². The molecular formula is C30H37ClF2N6O5. The summed E-state index contributed by atoms with van der Waals surface area (Å²) in [6, 6.07) is 4.11. The van der Waals surface area contributed by atoms with Crippen LogP contribution in [0.5, 0.6) is 0 Å². The van der Waals surface area contributed by atoms with Gasteiger partial charge in [0, 0.05) is 30.1 Å². The average molecular weight is 635 g/mol. The molecule has 0 aromatic heterocycles. The minimum absolute atomic E-state index is 0.0565. The lowest BCUT2D eigenvalue weighted by atomic mass is 9.99. The first-order chi connectivity index (χ1) is 20.9. The minimum atomic E-state index is -1.29. The standard InChI is InChI=1S/C30H37ClF2N6O5/c1-16-11-20(33)12-22(31)21(16)13-23(37-27(41)17(2)35-3)30(44)39-10-4-5-25(39)29(43)38-24(26(34)40)15-36-28(42)19-8-6-18(14-32)7-9-19/h6-9,11-12,17,23-25,35H,4-5,10,13-15H2,1-3H3,(H2,34,40)(H,36,42)(H,37,41)(H,38,43)/t17-,23-,24-,25-/m0/s1. The van der Waals surface area contributed by atoms with Crippen molar-refractivity contribution in [3.05, 3.63) is 69.5 Å². The monoisotopic (exact) mass is 634 g/mol. The summed E-state index contributed by atoms with van der Waals surface area (Å²) in [5.74, 6) is -3.69. The molecule has 0 spiro atoms. The zero-order valence-electron chi connectivity index (χ0n) is 24.7. The first-order valence-corrected chi connectivity index (χ1v) is 14.5. The van der Waals surface area contributed by atoms with E-state index in [1.54, 1.807) is 20.9 Å². The fourth-order valence-corrected chi connectivity index (χ4v) is 5.19. The number of hydrogen-bond donors (Lipinski definition) is 5. The first-order valence-electron chi connectivity index (χ1n) is 14.1. The molecule has 1 fully saturated rings. The van der Waals surface area contributed by atoms with E-state index in [0.717, 1.165) is 6.07 Å². The van der Waals surface area contributed by atoms with E-state index in [2.05, 4.69) is 21.3 Å². The molecule has 2 aromatic carbocycles. The fourth-order valence-electron chi connectivity index (χ4n) is 4.86. The molecule has 2 aromatic rings. The molecule has 0 saturated carbocycles. The van der Waals surface area contributed by atoms with E-state index in [-0.39, 0.29) is 36.5 Å². The summed E-state index contributed by atoms with van der Waals surface area (Å²) in [5.41, 5.74) is 7.07. The SMILES string of the molecule is CN[C@@H](C)C(=O)N[C@@H](Cc1c(C)cc(F)cc1Cl)C(=O)N1CCC[C@H]1C(=O)N[C@@H](CNC(=O)c1ccc(CF)cc1)C(N)=O. The van der Waals surface area contributed by atoms with Crippen molar-refractivity contribution in [3.8, 4) is 0 Å². The van der Waals surface area contributed by atoms with E-state index in [9.17, 15) is 32.8 Å². The second-order valence-corrected chi connectivity index (χ2v) is 11.1. The molecular weight excluding hydrogens is 598 g/mol. The number of nitrogens with two attached hydrogens (primary N) is 1. The summed E-state index contributed by atoms with van der Waals surface area (Å²) in [4.78, 5) is 66.0. The highest BCUT2D eigenvalue weighted by Crippen LogP contribution is 2.25.